The van der Waals surface area contributed by atoms with Crippen molar-refractivity contribution in [3.8, 4) is 0 Å². The second-order valence-corrected chi connectivity index (χ2v) is 8.55. The van der Waals surface area contributed by atoms with Crippen LogP contribution in [0.4, 0.5) is 10.7 Å². The van der Waals surface area contributed by atoms with E-state index < -0.39 is 17.8 Å². The average Bonchev–Trinajstić information content (AvgIpc) is 3.18. The monoisotopic (exact) mass is 447 g/mol. The summed E-state index contributed by atoms with van der Waals surface area (Å²) < 4.78 is 9.87. The molecule has 10 heteroatoms. The molecule has 158 valence electrons. The number of nitrogens with zero attached hydrogens (tertiary/aromatic N) is 1. The zero-order valence-electron chi connectivity index (χ0n) is 17.2. The molecule has 0 spiro atoms. The molecule has 3 N–H and O–H groups in total. The number of thiophene rings is 2. The molecule has 0 aliphatic carbocycles. The van der Waals surface area contributed by atoms with E-state index in [-0.39, 0.29) is 26.9 Å². The van der Waals surface area contributed by atoms with Crippen molar-refractivity contribution < 1.29 is 23.9 Å². The van der Waals surface area contributed by atoms with Crippen molar-refractivity contribution in [3.05, 3.63) is 38.2 Å². The molecule has 0 saturated carbocycles. The van der Waals surface area contributed by atoms with Crippen LogP contribution in [0.5, 0.6) is 0 Å². The molecule has 0 radical (unpaired) electrons. The summed E-state index contributed by atoms with van der Waals surface area (Å²) in [6.45, 7) is 7.26. The molecule has 1 amide bonds. The summed E-state index contributed by atoms with van der Waals surface area (Å²) >= 11 is 2.13. The number of rotatable bonds is 5. The number of methoxy groups -OCH3 is 1. The number of anilines is 2. The van der Waals surface area contributed by atoms with Crippen LogP contribution in [-0.2, 0) is 9.47 Å². The molecule has 3 rings (SSSR count). The number of hydrogen-bond acceptors (Lipinski definition) is 9. The highest BCUT2D eigenvalue weighted by atomic mass is 32.1. The Bertz CT molecular complexity index is 1180. The average molecular weight is 448 g/mol. The number of esters is 2. The van der Waals surface area contributed by atoms with Gasteiger partial charge in [0.05, 0.1) is 25.0 Å². The Kier molecular flexibility index (Phi) is 6.09. The molecular weight excluding hydrogens is 426 g/mol. The lowest BCUT2D eigenvalue weighted by Crippen LogP contribution is -2.14. The number of amides is 1. The zero-order chi connectivity index (χ0) is 22.2. The van der Waals surface area contributed by atoms with E-state index in [1.807, 2.05) is 19.9 Å². The van der Waals surface area contributed by atoms with Crippen molar-refractivity contribution in [2.75, 3.05) is 24.8 Å². The quantitative estimate of drug-likeness (QED) is 0.565. The van der Waals surface area contributed by atoms with Crippen molar-refractivity contribution in [2.45, 2.75) is 27.7 Å². The van der Waals surface area contributed by atoms with Gasteiger partial charge in [-0.15, -0.1) is 22.7 Å². The molecule has 0 aliphatic heterocycles. The Hall–Kier alpha value is -2.98. The second-order valence-electron chi connectivity index (χ2n) is 6.53. The minimum Gasteiger partial charge on any atom is -0.465 e. The van der Waals surface area contributed by atoms with Crippen LogP contribution in [0.2, 0.25) is 0 Å². The Morgan fingerprint density at radius 1 is 1.13 bits per heavy atom. The SMILES string of the molecule is CCOC(=O)c1sc(NC(=O)c2sc3nc(C)cc(C)c3c2N)c(C(=O)OC)c1C. The number of aryl methyl sites for hydroxylation is 2. The first-order valence-corrected chi connectivity index (χ1v) is 10.7. The van der Waals surface area contributed by atoms with Gasteiger partial charge in [0.25, 0.3) is 5.91 Å². The number of carbonyl (C=O) groups excluding carboxylic acids is 3. The maximum atomic E-state index is 13.0. The van der Waals surface area contributed by atoms with Gasteiger partial charge in [-0.25, -0.2) is 14.6 Å². The van der Waals surface area contributed by atoms with Crippen LogP contribution in [0.1, 0.15) is 53.4 Å². The topological polar surface area (TPSA) is 121 Å². The van der Waals surface area contributed by atoms with E-state index in [4.69, 9.17) is 15.2 Å². The Morgan fingerprint density at radius 3 is 2.47 bits per heavy atom. The molecule has 0 aliphatic rings. The summed E-state index contributed by atoms with van der Waals surface area (Å²) in [5, 5.41) is 3.64. The third-order valence-electron chi connectivity index (χ3n) is 4.45. The van der Waals surface area contributed by atoms with E-state index in [1.54, 1.807) is 13.8 Å². The fourth-order valence-electron chi connectivity index (χ4n) is 3.14. The smallest absolute Gasteiger partial charge is 0.348 e. The van der Waals surface area contributed by atoms with E-state index >= 15 is 0 Å². The molecule has 3 heterocycles. The van der Waals surface area contributed by atoms with Gasteiger partial charge in [-0.05, 0) is 44.9 Å². The van der Waals surface area contributed by atoms with Gasteiger partial charge in [0.1, 0.15) is 19.6 Å². The third kappa shape index (κ3) is 3.75. The van der Waals surface area contributed by atoms with Crippen LogP contribution in [0, 0.1) is 20.8 Å². The summed E-state index contributed by atoms with van der Waals surface area (Å²) in [6, 6.07) is 1.90. The highest BCUT2D eigenvalue weighted by Gasteiger charge is 2.28. The van der Waals surface area contributed by atoms with Crippen LogP contribution in [0.15, 0.2) is 6.07 Å². The molecule has 3 aromatic heterocycles. The first kappa shape index (κ1) is 21.7. The van der Waals surface area contributed by atoms with Crippen molar-refractivity contribution in [3.63, 3.8) is 0 Å². The molecule has 0 atom stereocenters. The van der Waals surface area contributed by atoms with Gasteiger partial charge in [0, 0.05) is 11.1 Å². The van der Waals surface area contributed by atoms with E-state index in [0.29, 0.717) is 16.1 Å². The summed E-state index contributed by atoms with van der Waals surface area (Å²) in [5.41, 5.74) is 8.83. The molecule has 0 bridgehead atoms. The van der Waals surface area contributed by atoms with Gasteiger partial charge in [-0.2, -0.15) is 0 Å². The predicted molar refractivity (Wildman–Crippen MR) is 118 cm³/mol. The Labute approximate surface area is 181 Å². The Morgan fingerprint density at radius 2 is 1.83 bits per heavy atom. The standard InChI is InChI=1S/C20H21N3O5S2/c1-6-28-20(26)14-10(4)12(19(25)27-5)18(29-14)23-16(24)15-13(21)11-8(2)7-9(3)22-17(11)30-15/h7H,6,21H2,1-5H3,(H,23,24). The van der Waals surface area contributed by atoms with Gasteiger partial charge >= 0.3 is 11.9 Å². The molecular formula is C20H21N3O5S2. The van der Waals surface area contributed by atoms with Crippen LogP contribution in [0.25, 0.3) is 10.2 Å². The lowest BCUT2D eigenvalue weighted by molar-refractivity contribution is 0.0531. The maximum Gasteiger partial charge on any atom is 0.348 e. The number of aromatic nitrogens is 1. The lowest BCUT2D eigenvalue weighted by atomic mass is 10.1. The minimum absolute atomic E-state index is 0.115. The van der Waals surface area contributed by atoms with Gasteiger partial charge in [0.2, 0.25) is 0 Å². The van der Waals surface area contributed by atoms with Crippen molar-refractivity contribution in [2.24, 2.45) is 0 Å². The zero-order valence-corrected chi connectivity index (χ0v) is 18.8. The maximum absolute atomic E-state index is 13.0. The number of nitrogens with one attached hydrogen (secondary N) is 1. The van der Waals surface area contributed by atoms with Crippen LogP contribution < -0.4 is 11.1 Å². The molecule has 0 fully saturated rings. The van der Waals surface area contributed by atoms with E-state index in [0.717, 1.165) is 28.0 Å². The molecule has 0 saturated heterocycles. The fraction of sp³-hybridized carbons (Fsp3) is 0.300. The van der Waals surface area contributed by atoms with Crippen LogP contribution in [-0.4, -0.2) is 36.5 Å². The third-order valence-corrected chi connectivity index (χ3v) is 6.74. The first-order valence-electron chi connectivity index (χ1n) is 9.05. The predicted octanol–water partition coefficient (Wildman–Crippen LogP) is 4.08. The minimum atomic E-state index is -0.660. The molecule has 8 nitrogen and oxygen atoms in total. The number of ether oxygens (including phenoxy) is 2. The van der Waals surface area contributed by atoms with Crippen LogP contribution >= 0.6 is 22.7 Å². The molecule has 30 heavy (non-hydrogen) atoms. The van der Waals surface area contributed by atoms with Crippen molar-refractivity contribution >= 4 is 61.4 Å². The number of carbonyl (C=O) groups is 3. The van der Waals surface area contributed by atoms with Crippen LogP contribution in [0.3, 0.4) is 0 Å². The lowest BCUT2D eigenvalue weighted by Gasteiger charge is -2.05. The fourth-order valence-corrected chi connectivity index (χ4v) is 5.33. The van der Waals surface area contributed by atoms with Crippen molar-refractivity contribution in [1.29, 1.82) is 0 Å². The van der Waals surface area contributed by atoms with Gasteiger partial charge in [0.15, 0.2) is 0 Å². The highest BCUT2D eigenvalue weighted by Crippen LogP contribution is 2.38. The summed E-state index contributed by atoms with van der Waals surface area (Å²) in [6.07, 6.45) is 0. The largest absolute Gasteiger partial charge is 0.465 e. The van der Waals surface area contributed by atoms with Gasteiger partial charge < -0.3 is 20.5 Å². The summed E-state index contributed by atoms with van der Waals surface area (Å²) in [5.74, 6) is -1.72. The normalized spacial score (nSPS) is 10.8. The second kappa shape index (κ2) is 8.41. The molecule has 0 aromatic carbocycles. The number of hydrogen-bond donors (Lipinski definition) is 2. The molecule has 0 unspecified atom stereocenters. The highest BCUT2D eigenvalue weighted by molar-refractivity contribution is 7.21. The Balaban J connectivity index is 2.04. The van der Waals surface area contributed by atoms with E-state index in [9.17, 15) is 14.4 Å². The van der Waals surface area contributed by atoms with E-state index in [2.05, 4.69) is 10.3 Å². The number of nitrogens with two attached hydrogens (primary N) is 1. The summed E-state index contributed by atoms with van der Waals surface area (Å²) in [4.78, 5) is 43.2. The number of nitrogen functional groups attached to an aromatic ring is 1. The van der Waals surface area contributed by atoms with Gasteiger partial charge in [-0.1, -0.05) is 0 Å². The first-order chi connectivity index (χ1) is 14.2. The number of fused-ring (bicyclic) bond motifs is 1. The molecule has 3 aromatic rings. The van der Waals surface area contributed by atoms with E-state index in [1.165, 1.54) is 18.4 Å². The number of pyridine rings is 1. The summed E-state index contributed by atoms with van der Waals surface area (Å²) in [7, 11) is 1.23. The van der Waals surface area contributed by atoms with Crippen molar-refractivity contribution in [1.82, 2.24) is 4.98 Å². The van der Waals surface area contributed by atoms with Gasteiger partial charge in [-0.3, -0.25) is 4.79 Å².